The molecule has 20 heavy (non-hydrogen) atoms. The fourth-order valence-electron chi connectivity index (χ4n) is 3.02. The number of ketones is 1. The van der Waals surface area contributed by atoms with Gasteiger partial charge in [0, 0.05) is 18.4 Å². The van der Waals surface area contributed by atoms with E-state index in [1.807, 2.05) is 0 Å². The molecule has 0 amide bonds. The third-order valence-electron chi connectivity index (χ3n) is 4.39. The van der Waals surface area contributed by atoms with Gasteiger partial charge in [-0.3, -0.25) is 4.79 Å². The Labute approximate surface area is 124 Å². The van der Waals surface area contributed by atoms with Crippen molar-refractivity contribution in [2.45, 2.75) is 44.9 Å². The molecule has 0 spiro atoms. The van der Waals surface area contributed by atoms with Crippen LogP contribution in [0.4, 0.5) is 4.39 Å². The highest BCUT2D eigenvalue weighted by atomic mass is 35.5. The summed E-state index contributed by atoms with van der Waals surface area (Å²) < 4.78 is 13.1. The van der Waals surface area contributed by atoms with Crippen molar-refractivity contribution in [2.24, 2.45) is 11.1 Å². The molecular weight excluding hydrogens is 277 g/mol. The minimum absolute atomic E-state index is 0.0676. The van der Waals surface area contributed by atoms with E-state index in [0.29, 0.717) is 6.54 Å². The third-order valence-corrected chi connectivity index (χ3v) is 4.68. The maximum atomic E-state index is 13.1. The number of hydrogen-bond acceptors (Lipinski definition) is 2. The van der Waals surface area contributed by atoms with Crippen LogP contribution in [0, 0.1) is 11.2 Å². The Kier molecular flexibility index (Phi) is 5.17. The zero-order chi connectivity index (χ0) is 14.6. The quantitative estimate of drug-likeness (QED) is 0.857. The van der Waals surface area contributed by atoms with E-state index in [-0.39, 0.29) is 17.2 Å². The van der Waals surface area contributed by atoms with Crippen molar-refractivity contribution in [3.63, 3.8) is 0 Å². The summed E-state index contributed by atoms with van der Waals surface area (Å²) in [5.41, 5.74) is 6.28. The van der Waals surface area contributed by atoms with Gasteiger partial charge in [-0.2, -0.15) is 0 Å². The second kappa shape index (κ2) is 6.68. The summed E-state index contributed by atoms with van der Waals surface area (Å²) in [5.74, 6) is -0.282. The fourth-order valence-corrected chi connectivity index (χ4v) is 3.23. The lowest BCUT2D eigenvalue weighted by atomic mass is 9.75. The van der Waals surface area contributed by atoms with Crippen LogP contribution in [0.1, 0.15) is 44.1 Å². The Morgan fingerprint density at radius 2 is 1.90 bits per heavy atom. The molecule has 1 saturated carbocycles. The van der Waals surface area contributed by atoms with Crippen LogP contribution in [-0.4, -0.2) is 12.3 Å². The van der Waals surface area contributed by atoms with Crippen LogP contribution in [0.15, 0.2) is 18.2 Å². The van der Waals surface area contributed by atoms with E-state index in [0.717, 1.165) is 31.2 Å². The second-order valence-corrected chi connectivity index (χ2v) is 6.15. The molecule has 0 unspecified atom stereocenters. The highest BCUT2D eigenvalue weighted by Gasteiger charge is 2.36. The Bertz CT molecular complexity index is 481. The molecule has 1 fully saturated rings. The predicted octanol–water partition coefficient (Wildman–Crippen LogP) is 3.89. The van der Waals surface area contributed by atoms with Crippen LogP contribution in [0.3, 0.4) is 0 Å². The van der Waals surface area contributed by atoms with E-state index in [4.69, 9.17) is 17.3 Å². The molecule has 1 aromatic rings. The summed E-state index contributed by atoms with van der Waals surface area (Å²) in [6.45, 7) is 0.404. The van der Waals surface area contributed by atoms with E-state index in [1.165, 1.54) is 25.0 Å². The minimum atomic E-state index is -0.453. The van der Waals surface area contributed by atoms with Crippen molar-refractivity contribution in [1.29, 1.82) is 0 Å². The number of halogens is 2. The van der Waals surface area contributed by atoms with Gasteiger partial charge in [-0.1, -0.05) is 43.4 Å². The standard InChI is InChI=1S/C16H21ClFNO/c17-13-9-12(5-6-14(13)18)10-15(20)16(11-19)7-3-1-2-4-8-16/h5-6,9H,1-4,7-8,10-11,19H2. The lowest BCUT2D eigenvalue weighted by molar-refractivity contribution is -0.128. The molecule has 2 N–H and O–H groups in total. The van der Waals surface area contributed by atoms with E-state index >= 15 is 0 Å². The fraction of sp³-hybridized carbons (Fsp3) is 0.562. The van der Waals surface area contributed by atoms with Crippen molar-refractivity contribution in [3.05, 3.63) is 34.6 Å². The molecule has 110 valence electrons. The van der Waals surface area contributed by atoms with Gasteiger partial charge in [0.15, 0.2) is 0 Å². The Morgan fingerprint density at radius 1 is 1.25 bits per heavy atom. The van der Waals surface area contributed by atoms with Crippen molar-refractivity contribution in [3.8, 4) is 0 Å². The van der Waals surface area contributed by atoms with Gasteiger partial charge >= 0.3 is 0 Å². The minimum Gasteiger partial charge on any atom is -0.329 e. The van der Waals surface area contributed by atoms with Gasteiger partial charge < -0.3 is 5.73 Å². The van der Waals surface area contributed by atoms with Gasteiger partial charge in [-0.15, -0.1) is 0 Å². The molecule has 1 aromatic carbocycles. The summed E-state index contributed by atoms with van der Waals surface area (Å²) in [6.07, 6.45) is 6.51. The lowest BCUT2D eigenvalue weighted by Gasteiger charge is -2.29. The topological polar surface area (TPSA) is 43.1 Å². The number of carbonyl (C=O) groups excluding carboxylic acids is 1. The molecule has 0 bridgehead atoms. The number of benzene rings is 1. The van der Waals surface area contributed by atoms with E-state index < -0.39 is 11.2 Å². The van der Waals surface area contributed by atoms with Crippen LogP contribution >= 0.6 is 11.6 Å². The first-order valence-corrected chi connectivity index (χ1v) is 7.62. The summed E-state index contributed by atoms with van der Waals surface area (Å²) in [4.78, 5) is 12.7. The Morgan fingerprint density at radius 3 is 2.45 bits per heavy atom. The zero-order valence-corrected chi connectivity index (χ0v) is 12.4. The molecule has 2 rings (SSSR count). The maximum absolute atomic E-state index is 13.1. The first kappa shape index (κ1) is 15.5. The number of hydrogen-bond donors (Lipinski definition) is 1. The summed E-state index contributed by atoms with van der Waals surface area (Å²) in [7, 11) is 0. The molecule has 1 aliphatic rings. The van der Waals surface area contributed by atoms with Crippen LogP contribution < -0.4 is 5.73 Å². The number of rotatable bonds is 4. The van der Waals surface area contributed by atoms with Gasteiger partial charge in [-0.25, -0.2) is 4.39 Å². The van der Waals surface area contributed by atoms with Gasteiger partial charge in [0.05, 0.1) is 5.02 Å². The monoisotopic (exact) mass is 297 g/mol. The SMILES string of the molecule is NCC1(C(=O)Cc2ccc(F)c(Cl)c2)CCCCCC1. The van der Waals surface area contributed by atoms with Crippen LogP contribution in [0.5, 0.6) is 0 Å². The number of Topliss-reactive ketones (excluding diaryl/α,β-unsaturated/α-hetero) is 1. The predicted molar refractivity (Wildman–Crippen MR) is 79.3 cm³/mol. The lowest BCUT2D eigenvalue weighted by Crippen LogP contribution is -2.39. The Hall–Kier alpha value is -0.930. The first-order valence-electron chi connectivity index (χ1n) is 7.25. The average Bonchev–Trinajstić information content (AvgIpc) is 2.69. The molecule has 0 saturated heterocycles. The molecule has 0 aliphatic heterocycles. The molecule has 4 heteroatoms. The smallest absolute Gasteiger partial charge is 0.144 e. The Balaban J connectivity index is 2.14. The van der Waals surface area contributed by atoms with Gasteiger partial charge in [0.2, 0.25) is 0 Å². The number of nitrogens with two attached hydrogens (primary N) is 1. The zero-order valence-electron chi connectivity index (χ0n) is 11.6. The van der Waals surface area contributed by atoms with E-state index in [1.54, 1.807) is 6.07 Å². The number of carbonyl (C=O) groups is 1. The highest BCUT2D eigenvalue weighted by Crippen LogP contribution is 2.36. The van der Waals surface area contributed by atoms with Crippen LogP contribution in [0.25, 0.3) is 0 Å². The van der Waals surface area contributed by atoms with Gasteiger partial charge in [0.25, 0.3) is 0 Å². The van der Waals surface area contributed by atoms with Crippen LogP contribution in [-0.2, 0) is 11.2 Å². The normalized spacial score (nSPS) is 18.6. The second-order valence-electron chi connectivity index (χ2n) is 5.75. The van der Waals surface area contributed by atoms with Gasteiger partial charge in [-0.05, 0) is 30.5 Å². The molecule has 0 heterocycles. The van der Waals surface area contributed by atoms with Gasteiger partial charge in [0.1, 0.15) is 11.6 Å². The van der Waals surface area contributed by atoms with Crippen molar-refractivity contribution in [1.82, 2.24) is 0 Å². The van der Waals surface area contributed by atoms with Crippen molar-refractivity contribution in [2.75, 3.05) is 6.54 Å². The molecular formula is C16H21ClFNO. The molecule has 0 atom stereocenters. The van der Waals surface area contributed by atoms with E-state index in [9.17, 15) is 9.18 Å². The van der Waals surface area contributed by atoms with E-state index in [2.05, 4.69) is 0 Å². The molecule has 2 nitrogen and oxygen atoms in total. The first-order chi connectivity index (χ1) is 9.57. The largest absolute Gasteiger partial charge is 0.329 e. The van der Waals surface area contributed by atoms with Crippen molar-refractivity contribution >= 4 is 17.4 Å². The van der Waals surface area contributed by atoms with Crippen molar-refractivity contribution < 1.29 is 9.18 Å². The third kappa shape index (κ3) is 3.39. The average molecular weight is 298 g/mol. The molecule has 0 aromatic heterocycles. The maximum Gasteiger partial charge on any atom is 0.144 e. The highest BCUT2D eigenvalue weighted by molar-refractivity contribution is 6.30. The summed E-state index contributed by atoms with van der Waals surface area (Å²) in [5, 5.41) is 0.0676. The summed E-state index contributed by atoms with van der Waals surface area (Å²) in [6, 6.07) is 4.48. The van der Waals surface area contributed by atoms with Crippen LogP contribution in [0.2, 0.25) is 5.02 Å². The summed E-state index contributed by atoms with van der Waals surface area (Å²) >= 11 is 5.77. The molecule has 1 aliphatic carbocycles. The molecule has 0 radical (unpaired) electrons.